The smallest absolute Gasteiger partial charge is 0.154 e. The predicted octanol–water partition coefficient (Wildman–Crippen LogP) is 4.06. The summed E-state index contributed by atoms with van der Waals surface area (Å²) < 4.78 is 1.01. The molecule has 1 aliphatic carbocycles. The van der Waals surface area contributed by atoms with Crippen molar-refractivity contribution in [2.75, 3.05) is 0 Å². The van der Waals surface area contributed by atoms with Gasteiger partial charge in [0.2, 0.25) is 0 Å². The van der Waals surface area contributed by atoms with Gasteiger partial charge in [0.05, 0.1) is 6.07 Å². The van der Waals surface area contributed by atoms with Crippen LogP contribution in [0.15, 0.2) is 28.7 Å². The molecule has 0 bridgehead atoms. The van der Waals surface area contributed by atoms with Crippen molar-refractivity contribution in [2.24, 2.45) is 10.8 Å². The summed E-state index contributed by atoms with van der Waals surface area (Å²) in [6.45, 7) is 5.91. The minimum Gasteiger partial charge on any atom is -0.298 e. The molecule has 1 aromatic carbocycles. The summed E-state index contributed by atoms with van der Waals surface area (Å²) in [6.07, 6.45) is 0.479. The second kappa shape index (κ2) is 4.20. The normalized spacial score (nSPS) is 27.5. The Morgan fingerprint density at radius 2 is 1.89 bits per heavy atom. The van der Waals surface area contributed by atoms with Crippen LogP contribution in [-0.2, 0) is 4.79 Å². The van der Waals surface area contributed by atoms with E-state index in [2.05, 4.69) is 22.0 Å². The van der Waals surface area contributed by atoms with Gasteiger partial charge in [-0.1, -0.05) is 48.8 Å². The van der Waals surface area contributed by atoms with Gasteiger partial charge in [0, 0.05) is 16.8 Å². The SMILES string of the molecule is CC(C)(C)[C@]1(C#N)C(=O)C[C@H]1c1ccc(Br)cc1. The van der Waals surface area contributed by atoms with E-state index in [0.29, 0.717) is 6.42 Å². The van der Waals surface area contributed by atoms with Crippen molar-refractivity contribution in [1.82, 2.24) is 0 Å². The number of carbonyl (C=O) groups is 1. The summed E-state index contributed by atoms with van der Waals surface area (Å²) in [5, 5.41) is 9.55. The Morgan fingerprint density at radius 3 is 2.28 bits per heavy atom. The van der Waals surface area contributed by atoms with Crippen molar-refractivity contribution in [3.8, 4) is 6.07 Å². The lowest BCUT2D eigenvalue weighted by Gasteiger charge is -2.51. The Labute approximate surface area is 116 Å². The number of Topliss-reactive ketones (excluding diaryl/α,β-unsaturated/α-hetero) is 1. The first-order valence-electron chi connectivity index (χ1n) is 6.03. The Hall–Kier alpha value is -1.14. The van der Waals surface area contributed by atoms with Crippen LogP contribution in [-0.4, -0.2) is 5.78 Å². The van der Waals surface area contributed by atoms with Crippen molar-refractivity contribution in [1.29, 1.82) is 5.26 Å². The maximum atomic E-state index is 12.0. The van der Waals surface area contributed by atoms with Crippen molar-refractivity contribution in [2.45, 2.75) is 33.1 Å². The minimum absolute atomic E-state index is 0.0168. The highest BCUT2D eigenvalue weighted by Gasteiger charge is 2.62. The van der Waals surface area contributed by atoms with Gasteiger partial charge in [0.15, 0.2) is 5.78 Å². The number of hydrogen-bond donors (Lipinski definition) is 0. The third-order valence-corrected chi connectivity index (χ3v) is 4.51. The van der Waals surface area contributed by atoms with E-state index >= 15 is 0 Å². The summed E-state index contributed by atoms with van der Waals surface area (Å²) in [5.74, 6) is 0.0912. The van der Waals surface area contributed by atoms with Gasteiger partial charge >= 0.3 is 0 Å². The van der Waals surface area contributed by atoms with Gasteiger partial charge in [-0.2, -0.15) is 5.26 Å². The molecule has 0 spiro atoms. The van der Waals surface area contributed by atoms with E-state index < -0.39 is 5.41 Å². The number of carbonyl (C=O) groups excluding carboxylic acids is 1. The second-order valence-corrected chi connectivity index (χ2v) is 6.82. The molecule has 18 heavy (non-hydrogen) atoms. The molecular weight excluding hydrogens is 290 g/mol. The topological polar surface area (TPSA) is 40.9 Å². The van der Waals surface area contributed by atoms with Crippen LogP contribution in [0.3, 0.4) is 0 Å². The van der Waals surface area contributed by atoms with Gasteiger partial charge in [0.1, 0.15) is 5.41 Å². The van der Waals surface area contributed by atoms with E-state index in [4.69, 9.17) is 0 Å². The molecule has 0 N–H and O–H groups in total. The zero-order chi connectivity index (χ0) is 13.6. The van der Waals surface area contributed by atoms with Crippen molar-refractivity contribution in [3.05, 3.63) is 34.3 Å². The highest BCUT2D eigenvalue weighted by atomic mass is 79.9. The fourth-order valence-electron chi connectivity index (χ4n) is 2.87. The molecule has 2 rings (SSSR count). The molecule has 0 heterocycles. The first kappa shape index (κ1) is 13.3. The molecule has 0 aromatic heterocycles. The van der Waals surface area contributed by atoms with Crippen molar-refractivity contribution < 1.29 is 4.79 Å². The van der Waals surface area contributed by atoms with Crippen LogP contribution in [0.25, 0.3) is 0 Å². The number of benzene rings is 1. The number of nitrogens with zero attached hydrogens (tertiary/aromatic N) is 1. The highest BCUT2D eigenvalue weighted by molar-refractivity contribution is 9.10. The first-order chi connectivity index (χ1) is 8.33. The van der Waals surface area contributed by atoms with Gasteiger partial charge in [-0.05, 0) is 23.1 Å². The highest BCUT2D eigenvalue weighted by Crippen LogP contribution is 2.59. The van der Waals surface area contributed by atoms with Gasteiger partial charge in [-0.25, -0.2) is 0 Å². The predicted molar refractivity (Wildman–Crippen MR) is 74.0 cm³/mol. The Morgan fingerprint density at radius 1 is 1.33 bits per heavy atom. The van der Waals surface area contributed by atoms with Gasteiger partial charge in [-0.3, -0.25) is 4.79 Å². The molecule has 1 aliphatic rings. The van der Waals surface area contributed by atoms with Crippen LogP contribution in [0.5, 0.6) is 0 Å². The summed E-state index contributed by atoms with van der Waals surface area (Å²) in [7, 11) is 0. The van der Waals surface area contributed by atoms with Gasteiger partial charge in [-0.15, -0.1) is 0 Å². The van der Waals surface area contributed by atoms with Crippen LogP contribution >= 0.6 is 15.9 Å². The van der Waals surface area contributed by atoms with Crippen LogP contribution in [0, 0.1) is 22.2 Å². The van der Waals surface area contributed by atoms with E-state index in [9.17, 15) is 10.1 Å². The van der Waals surface area contributed by atoms with Crippen molar-refractivity contribution >= 4 is 21.7 Å². The third kappa shape index (κ3) is 1.71. The number of ketones is 1. The zero-order valence-electron chi connectivity index (χ0n) is 10.8. The van der Waals surface area contributed by atoms with Crippen LogP contribution in [0.2, 0.25) is 0 Å². The molecule has 1 saturated carbocycles. The van der Waals surface area contributed by atoms with E-state index in [1.165, 1.54) is 0 Å². The molecule has 0 amide bonds. The lowest BCUT2D eigenvalue weighted by Crippen LogP contribution is -2.55. The molecule has 1 aromatic rings. The van der Waals surface area contributed by atoms with Gasteiger partial charge < -0.3 is 0 Å². The van der Waals surface area contributed by atoms with E-state index in [-0.39, 0.29) is 17.1 Å². The Bertz CT molecular complexity index is 521. The van der Waals surface area contributed by atoms with Crippen molar-refractivity contribution in [3.63, 3.8) is 0 Å². The van der Waals surface area contributed by atoms with E-state index in [1.807, 2.05) is 45.0 Å². The fraction of sp³-hybridized carbons (Fsp3) is 0.467. The molecule has 3 heteroatoms. The van der Waals surface area contributed by atoms with E-state index in [0.717, 1.165) is 10.0 Å². The van der Waals surface area contributed by atoms with Crippen LogP contribution in [0.1, 0.15) is 38.7 Å². The molecular formula is C15H16BrNO. The summed E-state index contributed by atoms with van der Waals surface area (Å²) in [5.41, 5.74) is -0.135. The molecule has 0 unspecified atom stereocenters. The number of halogens is 1. The monoisotopic (exact) mass is 305 g/mol. The number of nitriles is 1. The summed E-state index contributed by atoms with van der Waals surface area (Å²) in [4.78, 5) is 12.0. The molecule has 94 valence electrons. The zero-order valence-corrected chi connectivity index (χ0v) is 12.4. The summed E-state index contributed by atoms with van der Waals surface area (Å²) >= 11 is 3.40. The van der Waals surface area contributed by atoms with Gasteiger partial charge in [0.25, 0.3) is 0 Å². The molecule has 1 fully saturated rings. The molecule has 0 aliphatic heterocycles. The maximum absolute atomic E-state index is 12.0. The lowest BCUT2D eigenvalue weighted by molar-refractivity contribution is -0.144. The molecule has 0 saturated heterocycles. The Kier molecular flexibility index (Phi) is 3.11. The average molecular weight is 306 g/mol. The second-order valence-electron chi connectivity index (χ2n) is 5.90. The standard InChI is InChI=1S/C15H16BrNO/c1-14(2,3)15(9-17)12(8-13(15)18)10-4-6-11(16)7-5-10/h4-7,12H,8H2,1-3H3/t12-,15-/m0/s1. The fourth-order valence-corrected chi connectivity index (χ4v) is 3.14. The number of hydrogen-bond acceptors (Lipinski definition) is 2. The van der Waals surface area contributed by atoms with Crippen LogP contribution in [0.4, 0.5) is 0 Å². The lowest BCUT2D eigenvalue weighted by atomic mass is 9.47. The quantitative estimate of drug-likeness (QED) is 0.785. The minimum atomic E-state index is -0.874. The molecule has 0 radical (unpaired) electrons. The molecule has 2 nitrogen and oxygen atoms in total. The Balaban J connectivity index is 2.45. The van der Waals surface area contributed by atoms with E-state index in [1.54, 1.807) is 0 Å². The summed E-state index contributed by atoms with van der Waals surface area (Å²) in [6, 6.07) is 10.2. The first-order valence-corrected chi connectivity index (χ1v) is 6.82. The average Bonchev–Trinajstić information content (AvgIpc) is 2.26. The largest absolute Gasteiger partial charge is 0.298 e. The third-order valence-electron chi connectivity index (χ3n) is 3.98. The molecule has 2 atom stereocenters. The maximum Gasteiger partial charge on any atom is 0.154 e. The number of rotatable bonds is 1. The van der Waals surface area contributed by atoms with Crippen LogP contribution < -0.4 is 0 Å².